The Hall–Kier alpha value is -2.08. The van der Waals surface area contributed by atoms with Crippen molar-refractivity contribution >= 4 is 33.7 Å². The van der Waals surface area contributed by atoms with Gasteiger partial charge in [0, 0.05) is 22.9 Å². The van der Waals surface area contributed by atoms with Crippen molar-refractivity contribution in [3.05, 3.63) is 45.7 Å². The molecule has 2 aromatic rings. The average molecular weight is 315 g/mol. The van der Waals surface area contributed by atoms with E-state index in [1.165, 1.54) is 18.0 Å². The first kappa shape index (κ1) is 14.8. The molecule has 1 aliphatic heterocycles. The highest BCUT2D eigenvalue weighted by Gasteiger charge is 2.17. The van der Waals surface area contributed by atoms with Crippen LogP contribution in [0, 0.1) is 0 Å². The number of benzene rings is 1. The van der Waals surface area contributed by atoms with Gasteiger partial charge in [0.05, 0.1) is 6.54 Å². The van der Waals surface area contributed by atoms with E-state index >= 15 is 0 Å². The molecular formula is C16H17N3O2S. The number of aromatic nitrogens is 1. The maximum atomic E-state index is 12.6. The van der Waals surface area contributed by atoms with E-state index in [4.69, 9.17) is 0 Å². The SMILES string of the molecule is CC(C)c1ccc2[nH]cc(C(=O)NC3=NCCS3)c(=O)c2c1. The molecule has 0 spiro atoms. The lowest BCUT2D eigenvalue weighted by Crippen LogP contribution is -2.31. The van der Waals surface area contributed by atoms with Crippen LogP contribution in [0.15, 0.2) is 34.2 Å². The van der Waals surface area contributed by atoms with Crippen molar-refractivity contribution in [2.24, 2.45) is 4.99 Å². The second-order valence-corrected chi connectivity index (χ2v) is 6.56. The number of hydrogen-bond donors (Lipinski definition) is 2. The predicted octanol–water partition coefficient (Wildman–Crippen LogP) is 2.48. The number of rotatable bonds is 2. The third kappa shape index (κ3) is 2.78. The van der Waals surface area contributed by atoms with E-state index < -0.39 is 5.91 Å². The highest BCUT2D eigenvalue weighted by molar-refractivity contribution is 8.14. The van der Waals surface area contributed by atoms with Gasteiger partial charge in [0.25, 0.3) is 5.91 Å². The topological polar surface area (TPSA) is 74.3 Å². The molecular weight excluding hydrogens is 298 g/mol. The lowest BCUT2D eigenvalue weighted by molar-refractivity contribution is 0.0977. The Labute approximate surface area is 132 Å². The van der Waals surface area contributed by atoms with Crippen LogP contribution in [-0.4, -0.2) is 28.4 Å². The Kier molecular flexibility index (Phi) is 4.02. The van der Waals surface area contributed by atoms with Gasteiger partial charge in [0.1, 0.15) is 5.56 Å². The van der Waals surface area contributed by atoms with Crippen LogP contribution in [0.4, 0.5) is 0 Å². The lowest BCUT2D eigenvalue weighted by atomic mass is 10.0. The summed E-state index contributed by atoms with van der Waals surface area (Å²) < 4.78 is 0. The van der Waals surface area contributed by atoms with Crippen molar-refractivity contribution < 1.29 is 4.79 Å². The average Bonchev–Trinajstić information content (AvgIpc) is 3.00. The molecule has 0 saturated heterocycles. The van der Waals surface area contributed by atoms with Gasteiger partial charge in [-0.05, 0) is 23.6 Å². The Morgan fingerprint density at radius 3 is 2.91 bits per heavy atom. The number of amides is 1. The summed E-state index contributed by atoms with van der Waals surface area (Å²) in [6.45, 7) is 4.84. The number of nitrogens with zero attached hydrogens (tertiary/aromatic N) is 1. The number of nitrogens with one attached hydrogen (secondary N) is 2. The van der Waals surface area contributed by atoms with Gasteiger partial charge in [0.15, 0.2) is 5.17 Å². The summed E-state index contributed by atoms with van der Waals surface area (Å²) in [4.78, 5) is 32.0. The van der Waals surface area contributed by atoms with E-state index in [1.54, 1.807) is 0 Å². The smallest absolute Gasteiger partial charge is 0.262 e. The maximum Gasteiger partial charge on any atom is 0.262 e. The molecule has 1 aliphatic rings. The molecule has 3 rings (SSSR count). The minimum Gasteiger partial charge on any atom is -0.360 e. The van der Waals surface area contributed by atoms with Crippen molar-refractivity contribution in [2.75, 3.05) is 12.3 Å². The molecule has 114 valence electrons. The molecule has 0 bridgehead atoms. The fraction of sp³-hybridized carbons (Fsp3) is 0.312. The lowest BCUT2D eigenvalue weighted by Gasteiger charge is -2.08. The van der Waals surface area contributed by atoms with Crippen LogP contribution in [0.5, 0.6) is 0 Å². The van der Waals surface area contributed by atoms with Gasteiger partial charge in [0.2, 0.25) is 5.43 Å². The molecule has 22 heavy (non-hydrogen) atoms. The van der Waals surface area contributed by atoms with Crippen molar-refractivity contribution in [1.29, 1.82) is 0 Å². The van der Waals surface area contributed by atoms with E-state index in [0.29, 0.717) is 23.0 Å². The summed E-state index contributed by atoms with van der Waals surface area (Å²) >= 11 is 1.49. The van der Waals surface area contributed by atoms with Gasteiger partial charge in [-0.3, -0.25) is 14.6 Å². The van der Waals surface area contributed by atoms with Crippen LogP contribution >= 0.6 is 11.8 Å². The molecule has 2 heterocycles. The molecule has 6 heteroatoms. The van der Waals surface area contributed by atoms with E-state index in [0.717, 1.165) is 16.8 Å². The Bertz CT molecular complexity index is 824. The van der Waals surface area contributed by atoms with Crippen LogP contribution < -0.4 is 10.7 Å². The maximum absolute atomic E-state index is 12.6. The van der Waals surface area contributed by atoms with Crippen LogP contribution in [0.2, 0.25) is 0 Å². The fourth-order valence-corrected chi connectivity index (χ4v) is 3.06. The van der Waals surface area contributed by atoms with Gasteiger partial charge in [-0.1, -0.05) is 31.7 Å². The molecule has 0 radical (unpaired) electrons. The molecule has 5 nitrogen and oxygen atoms in total. The molecule has 0 atom stereocenters. The number of carbonyl (C=O) groups is 1. The number of carbonyl (C=O) groups excluding carboxylic acids is 1. The van der Waals surface area contributed by atoms with Gasteiger partial charge < -0.3 is 10.3 Å². The van der Waals surface area contributed by atoms with Gasteiger partial charge in [-0.15, -0.1) is 0 Å². The highest BCUT2D eigenvalue weighted by Crippen LogP contribution is 2.18. The second-order valence-electron chi connectivity index (χ2n) is 5.48. The first-order valence-corrected chi connectivity index (χ1v) is 8.19. The minimum atomic E-state index is -0.411. The van der Waals surface area contributed by atoms with Crippen molar-refractivity contribution in [2.45, 2.75) is 19.8 Å². The summed E-state index contributed by atoms with van der Waals surface area (Å²) in [6, 6.07) is 5.73. The van der Waals surface area contributed by atoms with Crippen molar-refractivity contribution in [3.63, 3.8) is 0 Å². The van der Waals surface area contributed by atoms with Crippen molar-refractivity contribution in [3.8, 4) is 0 Å². The number of aliphatic imine (C=N–C) groups is 1. The normalized spacial score (nSPS) is 14.4. The van der Waals surface area contributed by atoms with Crippen LogP contribution in [0.1, 0.15) is 35.7 Å². The first-order valence-electron chi connectivity index (χ1n) is 7.20. The van der Waals surface area contributed by atoms with E-state index in [9.17, 15) is 9.59 Å². The molecule has 1 amide bonds. The van der Waals surface area contributed by atoms with Gasteiger partial charge in [-0.25, -0.2) is 0 Å². The van der Waals surface area contributed by atoms with E-state index in [-0.39, 0.29) is 11.0 Å². The molecule has 0 fully saturated rings. The zero-order chi connectivity index (χ0) is 15.7. The van der Waals surface area contributed by atoms with E-state index in [2.05, 4.69) is 29.1 Å². The summed E-state index contributed by atoms with van der Waals surface area (Å²) in [6.07, 6.45) is 1.47. The summed E-state index contributed by atoms with van der Waals surface area (Å²) in [5.74, 6) is 0.776. The zero-order valence-electron chi connectivity index (χ0n) is 12.5. The molecule has 1 aromatic heterocycles. The fourth-order valence-electron chi connectivity index (χ4n) is 2.34. The number of thioether (sulfide) groups is 1. The zero-order valence-corrected chi connectivity index (χ0v) is 13.3. The number of H-pyrrole nitrogens is 1. The molecule has 1 aromatic carbocycles. The first-order chi connectivity index (χ1) is 10.6. The Balaban J connectivity index is 2.01. The number of aromatic amines is 1. The Morgan fingerprint density at radius 1 is 1.41 bits per heavy atom. The summed E-state index contributed by atoms with van der Waals surface area (Å²) in [7, 11) is 0. The number of fused-ring (bicyclic) bond motifs is 1. The van der Waals surface area contributed by atoms with Crippen molar-refractivity contribution in [1.82, 2.24) is 10.3 Å². The monoisotopic (exact) mass is 315 g/mol. The third-order valence-corrected chi connectivity index (χ3v) is 4.51. The summed E-state index contributed by atoms with van der Waals surface area (Å²) in [5, 5.41) is 3.82. The standard InChI is InChI=1S/C16H17N3O2S/c1-9(2)10-3-4-13-11(7-10)14(20)12(8-18-13)15(21)19-16-17-5-6-22-16/h3-4,7-9H,5-6H2,1-2H3,(H,18,20)(H,17,19,21). The summed E-state index contributed by atoms with van der Waals surface area (Å²) in [5.41, 5.74) is 1.67. The molecule has 2 N–H and O–H groups in total. The largest absolute Gasteiger partial charge is 0.360 e. The van der Waals surface area contributed by atoms with E-state index in [1.807, 2.05) is 18.2 Å². The number of amidine groups is 1. The number of pyridine rings is 1. The quantitative estimate of drug-likeness (QED) is 0.894. The Morgan fingerprint density at radius 2 is 2.23 bits per heavy atom. The van der Waals surface area contributed by atoms with Crippen LogP contribution in [-0.2, 0) is 0 Å². The number of hydrogen-bond acceptors (Lipinski definition) is 4. The highest BCUT2D eigenvalue weighted by atomic mass is 32.2. The molecule has 0 unspecified atom stereocenters. The third-order valence-electron chi connectivity index (χ3n) is 3.62. The predicted molar refractivity (Wildman–Crippen MR) is 90.9 cm³/mol. The van der Waals surface area contributed by atoms with Gasteiger partial charge in [-0.2, -0.15) is 0 Å². The second kappa shape index (κ2) is 5.96. The molecule has 0 aliphatic carbocycles. The van der Waals surface area contributed by atoms with Gasteiger partial charge >= 0.3 is 0 Å². The van der Waals surface area contributed by atoms with Crippen LogP contribution in [0.3, 0.4) is 0 Å². The van der Waals surface area contributed by atoms with Crippen LogP contribution in [0.25, 0.3) is 10.9 Å². The molecule has 0 saturated carbocycles. The minimum absolute atomic E-state index is 0.114.